The first-order chi connectivity index (χ1) is 9.51. The predicted octanol–water partition coefficient (Wildman–Crippen LogP) is 2.56. The highest BCUT2D eigenvalue weighted by molar-refractivity contribution is 9.10. The zero-order valence-corrected chi connectivity index (χ0v) is 12.8. The number of nitrogens with zero attached hydrogens (tertiary/aromatic N) is 2. The number of carbonyl (C=O) groups is 1. The maximum absolute atomic E-state index is 12.1. The number of nitrogens with two attached hydrogens (primary N) is 1. The molecule has 0 saturated carbocycles. The zero-order chi connectivity index (χ0) is 14.7. The molecular weight excluding hydrogens is 344 g/mol. The SMILES string of the molecule is Cc1ncc(C(=O)Nc2cc(Br)ccc2/C(N)=N/O)s1. The van der Waals surface area contributed by atoms with Crippen molar-refractivity contribution < 1.29 is 10.0 Å². The average molecular weight is 355 g/mol. The molecule has 0 spiro atoms. The first-order valence-corrected chi connectivity index (χ1v) is 7.13. The van der Waals surface area contributed by atoms with Crippen LogP contribution in [0.1, 0.15) is 20.2 Å². The van der Waals surface area contributed by atoms with Gasteiger partial charge in [0.05, 0.1) is 16.9 Å². The van der Waals surface area contributed by atoms with Crippen molar-refractivity contribution >= 4 is 44.7 Å². The van der Waals surface area contributed by atoms with Gasteiger partial charge in [0, 0.05) is 10.0 Å². The number of amides is 1. The van der Waals surface area contributed by atoms with Gasteiger partial charge in [-0.25, -0.2) is 4.98 Å². The van der Waals surface area contributed by atoms with Crippen LogP contribution in [0.15, 0.2) is 34.0 Å². The Balaban J connectivity index is 2.33. The number of benzene rings is 1. The van der Waals surface area contributed by atoms with Crippen molar-refractivity contribution in [1.82, 2.24) is 4.98 Å². The molecule has 1 aromatic heterocycles. The molecule has 104 valence electrons. The quantitative estimate of drug-likeness (QED) is 0.341. The van der Waals surface area contributed by atoms with Crippen molar-refractivity contribution in [3.63, 3.8) is 0 Å². The Kier molecular flexibility index (Phi) is 4.35. The number of rotatable bonds is 3. The molecule has 0 atom stereocenters. The fraction of sp³-hybridized carbons (Fsp3) is 0.0833. The van der Waals surface area contributed by atoms with Gasteiger partial charge in [0.1, 0.15) is 4.88 Å². The number of halogens is 1. The van der Waals surface area contributed by atoms with E-state index in [1.807, 2.05) is 6.92 Å². The van der Waals surface area contributed by atoms with E-state index in [2.05, 4.69) is 31.4 Å². The normalized spacial score (nSPS) is 11.4. The molecular formula is C12H11BrN4O2S. The van der Waals surface area contributed by atoms with E-state index in [4.69, 9.17) is 10.9 Å². The molecule has 1 heterocycles. The van der Waals surface area contributed by atoms with Crippen molar-refractivity contribution in [2.24, 2.45) is 10.9 Å². The van der Waals surface area contributed by atoms with Crippen LogP contribution in [0.25, 0.3) is 0 Å². The molecule has 0 aliphatic carbocycles. The first-order valence-electron chi connectivity index (χ1n) is 5.52. The Bertz CT molecular complexity index is 684. The second kappa shape index (κ2) is 6.02. The van der Waals surface area contributed by atoms with Crippen LogP contribution in [-0.2, 0) is 0 Å². The lowest BCUT2D eigenvalue weighted by atomic mass is 10.1. The molecule has 1 aromatic carbocycles. The largest absolute Gasteiger partial charge is 0.409 e. The first kappa shape index (κ1) is 14.5. The topological polar surface area (TPSA) is 101 Å². The minimum atomic E-state index is -0.291. The van der Waals surface area contributed by atoms with Crippen molar-refractivity contribution in [3.05, 3.63) is 44.3 Å². The van der Waals surface area contributed by atoms with E-state index in [-0.39, 0.29) is 11.7 Å². The third-order valence-corrected chi connectivity index (χ3v) is 3.86. The Labute approximate surface area is 127 Å². The predicted molar refractivity (Wildman–Crippen MR) is 81.5 cm³/mol. The van der Waals surface area contributed by atoms with Gasteiger partial charge in [-0.2, -0.15) is 0 Å². The average Bonchev–Trinajstić information content (AvgIpc) is 2.85. The van der Waals surface area contributed by atoms with Gasteiger partial charge in [-0.15, -0.1) is 11.3 Å². The van der Waals surface area contributed by atoms with E-state index in [1.165, 1.54) is 17.5 Å². The van der Waals surface area contributed by atoms with Gasteiger partial charge in [-0.3, -0.25) is 4.79 Å². The van der Waals surface area contributed by atoms with Gasteiger partial charge in [0.25, 0.3) is 5.91 Å². The third kappa shape index (κ3) is 3.14. The van der Waals surface area contributed by atoms with E-state index in [9.17, 15) is 4.79 Å². The summed E-state index contributed by atoms with van der Waals surface area (Å²) in [6.45, 7) is 1.82. The van der Waals surface area contributed by atoms with Gasteiger partial charge >= 0.3 is 0 Å². The van der Waals surface area contributed by atoms with E-state index in [0.717, 1.165) is 9.48 Å². The van der Waals surface area contributed by atoms with Gasteiger partial charge in [0.15, 0.2) is 5.84 Å². The summed E-state index contributed by atoms with van der Waals surface area (Å²) in [5.74, 6) is -0.367. The second-order valence-corrected chi connectivity index (χ2v) is 6.02. The van der Waals surface area contributed by atoms with Crippen LogP contribution in [0.3, 0.4) is 0 Å². The minimum Gasteiger partial charge on any atom is -0.409 e. The molecule has 0 bridgehead atoms. The van der Waals surface area contributed by atoms with Gasteiger partial charge in [0.2, 0.25) is 0 Å². The van der Waals surface area contributed by atoms with Gasteiger partial charge in [-0.1, -0.05) is 21.1 Å². The highest BCUT2D eigenvalue weighted by Crippen LogP contribution is 2.23. The number of carbonyl (C=O) groups excluding carboxylic acids is 1. The monoisotopic (exact) mass is 354 g/mol. The number of hydrogen-bond donors (Lipinski definition) is 3. The van der Waals surface area contributed by atoms with Crippen LogP contribution >= 0.6 is 27.3 Å². The number of oxime groups is 1. The summed E-state index contributed by atoms with van der Waals surface area (Å²) in [4.78, 5) is 16.6. The number of aryl methyl sites for hydroxylation is 1. The molecule has 6 nitrogen and oxygen atoms in total. The lowest BCUT2D eigenvalue weighted by molar-refractivity contribution is 0.103. The third-order valence-electron chi connectivity index (χ3n) is 2.46. The second-order valence-electron chi connectivity index (χ2n) is 3.87. The summed E-state index contributed by atoms with van der Waals surface area (Å²) >= 11 is 4.61. The lowest BCUT2D eigenvalue weighted by Gasteiger charge is -2.09. The van der Waals surface area contributed by atoms with E-state index < -0.39 is 0 Å². The van der Waals surface area contributed by atoms with Crippen molar-refractivity contribution in [2.75, 3.05) is 5.32 Å². The molecule has 0 aliphatic rings. The van der Waals surface area contributed by atoms with E-state index in [1.54, 1.807) is 18.2 Å². The number of thiazole rings is 1. The highest BCUT2D eigenvalue weighted by Gasteiger charge is 2.14. The van der Waals surface area contributed by atoms with Crippen LogP contribution in [0.5, 0.6) is 0 Å². The smallest absolute Gasteiger partial charge is 0.267 e. The Morgan fingerprint density at radius 2 is 2.30 bits per heavy atom. The van der Waals surface area contributed by atoms with Crippen LogP contribution in [0.2, 0.25) is 0 Å². The molecule has 0 saturated heterocycles. The van der Waals surface area contributed by atoms with Crippen molar-refractivity contribution in [2.45, 2.75) is 6.92 Å². The maximum atomic E-state index is 12.1. The summed E-state index contributed by atoms with van der Waals surface area (Å²) < 4.78 is 0.766. The Morgan fingerprint density at radius 1 is 1.55 bits per heavy atom. The number of hydrogen-bond acceptors (Lipinski definition) is 5. The molecule has 20 heavy (non-hydrogen) atoms. The fourth-order valence-corrected chi connectivity index (χ4v) is 2.58. The lowest BCUT2D eigenvalue weighted by Crippen LogP contribution is -2.18. The van der Waals surface area contributed by atoms with Crippen LogP contribution in [-0.4, -0.2) is 21.9 Å². The molecule has 0 radical (unpaired) electrons. The van der Waals surface area contributed by atoms with Gasteiger partial charge < -0.3 is 16.3 Å². The van der Waals surface area contributed by atoms with Crippen LogP contribution < -0.4 is 11.1 Å². The molecule has 0 fully saturated rings. The van der Waals surface area contributed by atoms with E-state index in [0.29, 0.717) is 16.1 Å². The maximum Gasteiger partial charge on any atom is 0.267 e. The summed E-state index contributed by atoms with van der Waals surface area (Å²) in [5.41, 5.74) is 6.47. The highest BCUT2D eigenvalue weighted by atomic mass is 79.9. The standard InChI is InChI=1S/C12H11BrN4O2S/c1-6-15-5-10(20-6)12(18)16-9-4-7(13)2-3-8(9)11(14)17-19/h2-5,19H,1H3,(H2,14,17)(H,16,18). The minimum absolute atomic E-state index is 0.0757. The van der Waals surface area contributed by atoms with Crippen molar-refractivity contribution in [1.29, 1.82) is 0 Å². The summed E-state index contributed by atoms with van der Waals surface area (Å²) in [6, 6.07) is 5.06. The van der Waals surface area contributed by atoms with Gasteiger partial charge in [-0.05, 0) is 25.1 Å². The molecule has 1 amide bonds. The number of aromatic nitrogens is 1. The molecule has 4 N–H and O–H groups in total. The van der Waals surface area contributed by atoms with E-state index >= 15 is 0 Å². The zero-order valence-electron chi connectivity index (χ0n) is 10.4. The molecule has 2 rings (SSSR count). The Hall–Kier alpha value is -1.93. The van der Waals surface area contributed by atoms with Crippen LogP contribution in [0, 0.1) is 6.92 Å². The number of amidine groups is 1. The summed E-state index contributed by atoms with van der Waals surface area (Å²) in [7, 11) is 0. The molecule has 2 aromatic rings. The summed E-state index contributed by atoms with van der Waals surface area (Å²) in [5, 5.41) is 15.3. The molecule has 8 heteroatoms. The fourth-order valence-electron chi connectivity index (χ4n) is 1.55. The summed E-state index contributed by atoms with van der Waals surface area (Å²) in [6.07, 6.45) is 1.51. The number of nitrogens with one attached hydrogen (secondary N) is 1. The number of anilines is 1. The van der Waals surface area contributed by atoms with Crippen molar-refractivity contribution in [3.8, 4) is 0 Å². The molecule has 0 unspecified atom stereocenters. The Morgan fingerprint density at radius 3 is 2.90 bits per heavy atom. The molecule has 0 aliphatic heterocycles. The van der Waals surface area contributed by atoms with Crippen LogP contribution in [0.4, 0.5) is 5.69 Å².